The molecule has 17 heavy (non-hydrogen) atoms. The van der Waals surface area contributed by atoms with E-state index in [4.69, 9.17) is 11.6 Å². The molecular weight excluding hydrogens is 254 g/mol. The predicted molar refractivity (Wildman–Crippen MR) is 72.5 cm³/mol. The highest BCUT2D eigenvalue weighted by Gasteiger charge is 2.32. The molecular formula is C13H18ClNOS. The van der Waals surface area contributed by atoms with Crippen molar-refractivity contribution >= 4 is 28.8 Å². The molecule has 0 unspecified atom stereocenters. The van der Waals surface area contributed by atoms with Gasteiger partial charge < -0.3 is 4.90 Å². The molecule has 0 atom stereocenters. The topological polar surface area (TPSA) is 20.3 Å². The van der Waals surface area contributed by atoms with E-state index >= 15 is 0 Å². The minimum atomic E-state index is 0.297. The lowest BCUT2D eigenvalue weighted by atomic mass is 10.2. The molecule has 0 radical (unpaired) electrons. The molecule has 0 bridgehead atoms. The number of hydrogen-bond acceptors (Lipinski definition) is 2. The fraction of sp³-hybridized carbons (Fsp3) is 0.615. The Morgan fingerprint density at radius 1 is 1.47 bits per heavy atom. The summed E-state index contributed by atoms with van der Waals surface area (Å²) in [5.74, 6) is 0.952. The van der Waals surface area contributed by atoms with Gasteiger partial charge in [-0.15, -0.1) is 22.9 Å². The van der Waals surface area contributed by atoms with Gasteiger partial charge in [0.05, 0.1) is 6.54 Å². The van der Waals surface area contributed by atoms with Crippen molar-refractivity contribution in [2.45, 2.75) is 44.7 Å². The van der Waals surface area contributed by atoms with E-state index < -0.39 is 0 Å². The quantitative estimate of drug-likeness (QED) is 0.548. The van der Waals surface area contributed by atoms with Crippen LogP contribution < -0.4 is 0 Å². The molecule has 0 spiro atoms. The predicted octanol–water partition coefficient (Wildman–Crippen LogP) is 3.65. The molecule has 1 aromatic heterocycles. The zero-order valence-corrected chi connectivity index (χ0v) is 11.5. The van der Waals surface area contributed by atoms with E-state index in [9.17, 15) is 4.79 Å². The van der Waals surface area contributed by atoms with Gasteiger partial charge in [-0.05, 0) is 37.1 Å². The maximum atomic E-state index is 12.1. The van der Waals surface area contributed by atoms with Crippen molar-refractivity contribution in [3.8, 4) is 0 Å². The van der Waals surface area contributed by atoms with E-state index in [1.165, 1.54) is 17.7 Å². The van der Waals surface area contributed by atoms with E-state index in [-0.39, 0.29) is 0 Å². The molecule has 0 N–H and O–H groups in total. The number of unbranched alkanes of at least 4 members (excludes halogenated alkanes) is 1. The van der Waals surface area contributed by atoms with Crippen molar-refractivity contribution < 1.29 is 4.79 Å². The third kappa shape index (κ3) is 4.00. The fourth-order valence-corrected chi connectivity index (χ4v) is 2.78. The van der Waals surface area contributed by atoms with E-state index in [0.717, 1.165) is 19.4 Å². The van der Waals surface area contributed by atoms with E-state index in [1.54, 1.807) is 11.3 Å². The van der Waals surface area contributed by atoms with Crippen LogP contribution in [-0.4, -0.2) is 22.7 Å². The number of halogens is 1. The SMILES string of the molecule is O=C(CCCCCl)N(Cc1cccs1)C1CC1. The van der Waals surface area contributed by atoms with Gasteiger partial charge in [0, 0.05) is 23.2 Å². The highest BCUT2D eigenvalue weighted by atomic mass is 35.5. The zero-order valence-electron chi connectivity index (χ0n) is 9.90. The molecule has 2 nitrogen and oxygen atoms in total. The first-order valence-electron chi connectivity index (χ1n) is 6.19. The summed E-state index contributed by atoms with van der Waals surface area (Å²) in [5, 5.41) is 2.07. The summed E-state index contributed by atoms with van der Waals surface area (Å²) in [6.45, 7) is 0.794. The molecule has 1 aliphatic carbocycles. The molecule has 1 amide bonds. The minimum Gasteiger partial charge on any atom is -0.335 e. The zero-order chi connectivity index (χ0) is 12.1. The van der Waals surface area contributed by atoms with Gasteiger partial charge in [0.25, 0.3) is 0 Å². The first-order chi connectivity index (χ1) is 8.31. The van der Waals surface area contributed by atoms with Gasteiger partial charge in [0.1, 0.15) is 0 Å². The fourth-order valence-electron chi connectivity index (χ4n) is 1.89. The van der Waals surface area contributed by atoms with Crippen LogP contribution in [0.3, 0.4) is 0 Å². The van der Waals surface area contributed by atoms with Crippen molar-refractivity contribution in [3.05, 3.63) is 22.4 Å². The normalized spacial score (nSPS) is 14.9. The van der Waals surface area contributed by atoms with E-state index in [2.05, 4.69) is 16.3 Å². The first-order valence-corrected chi connectivity index (χ1v) is 7.60. The first kappa shape index (κ1) is 12.9. The van der Waals surface area contributed by atoms with Gasteiger partial charge in [-0.3, -0.25) is 4.79 Å². The smallest absolute Gasteiger partial charge is 0.223 e. The van der Waals surface area contributed by atoms with Crippen LogP contribution >= 0.6 is 22.9 Å². The number of carbonyl (C=O) groups excluding carboxylic acids is 1. The second kappa shape index (κ2) is 6.41. The third-order valence-corrected chi connectivity index (χ3v) is 4.12. The minimum absolute atomic E-state index is 0.297. The lowest BCUT2D eigenvalue weighted by Gasteiger charge is -2.21. The Morgan fingerprint density at radius 2 is 2.29 bits per heavy atom. The van der Waals surface area contributed by atoms with Crippen LogP contribution in [0, 0.1) is 0 Å². The van der Waals surface area contributed by atoms with Crippen LogP contribution in [0.4, 0.5) is 0 Å². The molecule has 2 rings (SSSR count). The number of carbonyl (C=O) groups is 1. The molecule has 94 valence electrons. The van der Waals surface area contributed by atoms with Crippen LogP contribution in [0.25, 0.3) is 0 Å². The van der Waals surface area contributed by atoms with Crippen LogP contribution in [0.5, 0.6) is 0 Å². The summed E-state index contributed by atoms with van der Waals surface area (Å²) in [6, 6.07) is 4.65. The van der Waals surface area contributed by atoms with Crippen molar-refractivity contribution in [3.63, 3.8) is 0 Å². The van der Waals surface area contributed by atoms with Gasteiger partial charge in [-0.2, -0.15) is 0 Å². The van der Waals surface area contributed by atoms with Crippen molar-refractivity contribution in [1.29, 1.82) is 0 Å². The lowest BCUT2D eigenvalue weighted by Crippen LogP contribution is -2.32. The standard InChI is InChI=1S/C13H18ClNOS/c14-8-2-1-5-13(16)15(11-6-7-11)10-12-4-3-9-17-12/h3-4,9,11H,1-2,5-8,10H2. The molecule has 1 aromatic rings. The van der Waals surface area contributed by atoms with Crippen LogP contribution in [0.1, 0.15) is 37.0 Å². The Bertz CT molecular complexity index is 348. The Balaban J connectivity index is 1.86. The molecule has 1 heterocycles. The van der Waals surface area contributed by atoms with Crippen molar-refractivity contribution in [2.24, 2.45) is 0 Å². The molecule has 4 heteroatoms. The number of nitrogens with zero attached hydrogens (tertiary/aromatic N) is 1. The maximum absolute atomic E-state index is 12.1. The number of rotatable bonds is 7. The Kier molecular flexibility index (Phi) is 4.86. The Morgan fingerprint density at radius 3 is 2.88 bits per heavy atom. The van der Waals surface area contributed by atoms with E-state index in [0.29, 0.717) is 24.2 Å². The summed E-state index contributed by atoms with van der Waals surface area (Å²) < 4.78 is 0. The monoisotopic (exact) mass is 271 g/mol. The number of amides is 1. The van der Waals surface area contributed by atoms with Gasteiger partial charge >= 0.3 is 0 Å². The Hall–Kier alpha value is -0.540. The number of hydrogen-bond donors (Lipinski definition) is 0. The average Bonchev–Trinajstić information content (AvgIpc) is 3.03. The van der Waals surface area contributed by atoms with Gasteiger partial charge in [-0.1, -0.05) is 6.07 Å². The van der Waals surface area contributed by atoms with Crippen LogP contribution in [0.15, 0.2) is 17.5 Å². The number of thiophene rings is 1. The lowest BCUT2D eigenvalue weighted by molar-refractivity contribution is -0.132. The average molecular weight is 272 g/mol. The molecule has 1 fully saturated rings. The second-order valence-corrected chi connectivity index (χ2v) is 5.89. The largest absolute Gasteiger partial charge is 0.335 e. The van der Waals surface area contributed by atoms with Crippen LogP contribution in [0.2, 0.25) is 0 Å². The summed E-state index contributed by atoms with van der Waals surface area (Å²) in [5.41, 5.74) is 0. The number of alkyl halides is 1. The summed E-state index contributed by atoms with van der Waals surface area (Å²) in [4.78, 5) is 15.4. The Labute approximate surface area is 112 Å². The third-order valence-electron chi connectivity index (χ3n) is 2.99. The highest BCUT2D eigenvalue weighted by molar-refractivity contribution is 7.09. The van der Waals surface area contributed by atoms with Gasteiger partial charge in [0.15, 0.2) is 0 Å². The molecule has 1 saturated carbocycles. The molecule has 0 saturated heterocycles. The van der Waals surface area contributed by atoms with Gasteiger partial charge in [0.2, 0.25) is 5.91 Å². The summed E-state index contributed by atoms with van der Waals surface area (Å²) in [6.07, 6.45) is 4.84. The molecule has 0 aliphatic heterocycles. The molecule has 1 aliphatic rings. The van der Waals surface area contributed by atoms with Crippen molar-refractivity contribution in [1.82, 2.24) is 4.90 Å². The van der Waals surface area contributed by atoms with Gasteiger partial charge in [-0.25, -0.2) is 0 Å². The maximum Gasteiger partial charge on any atom is 0.223 e. The highest BCUT2D eigenvalue weighted by Crippen LogP contribution is 2.30. The van der Waals surface area contributed by atoms with Crippen molar-refractivity contribution in [2.75, 3.05) is 5.88 Å². The summed E-state index contributed by atoms with van der Waals surface area (Å²) in [7, 11) is 0. The van der Waals surface area contributed by atoms with E-state index in [1.807, 2.05) is 6.07 Å². The second-order valence-electron chi connectivity index (χ2n) is 4.48. The molecule has 0 aromatic carbocycles. The summed E-state index contributed by atoms with van der Waals surface area (Å²) >= 11 is 7.36. The van der Waals surface area contributed by atoms with Crippen LogP contribution in [-0.2, 0) is 11.3 Å².